The molecule has 5 nitrogen and oxygen atoms in total. The third-order valence-corrected chi connectivity index (χ3v) is 4.37. The van der Waals surface area contributed by atoms with Gasteiger partial charge in [0.15, 0.2) is 0 Å². The lowest BCUT2D eigenvalue weighted by atomic mass is 10.1. The first-order chi connectivity index (χ1) is 11.1. The number of rotatable bonds is 4. The quantitative estimate of drug-likeness (QED) is 0.867. The maximum Gasteiger partial charge on any atom is 0.258 e. The molecule has 1 aliphatic heterocycles. The molecule has 0 spiro atoms. The number of hydrogen-bond donors (Lipinski definition) is 0. The summed E-state index contributed by atoms with van der Waals surface area (Å²) in [5, 5.41) is 1.53. The molecule has 1 fully saturated rings. The van der Waals surface area contributed by atoms with Gasteiger partial charge in [0.25, 0.3) is 5.56 Å². The molecule has 1 aromatic carbocycles. The van der Waals surface area contributed by atoms with Gasteiger partial charge in [-0.2, -0.15) is 0 Å². The Morgan fingerprint density at radius 2 is 2.13 bits per heavy atom. The molecule has 0 bridgehead atoms. The van der Waals surface area contributed by atoms with E-state index in [1.807, 2.05) is 24.3 Å². The number of pyridine rings is 1. The first-order valence-electron chi connectivity index (χ1n) is 8.09. The minimum absolute atomic E-state index is 0.0624. The second-order valence-electron chi connectivity index (χ2n) is 6.10. The van der Waals surface area contributed by atoms with Gasteiger partial charge in [-0.1, -0.05) is 18.2 Å². The fraction of sp³-hybridized carbons (Fsp3) is 0.444. The summed E-state index contributed by atoms with van der Waals surface area (Å²) >= 11 is 0. The van der Waals surface area contributed by atoms with Crippen LogP contribution in [0.25, 0.3) is 10.8 Å². The molecule has 122 valence electrons. The van der Waals surface area contributed by atoms with Crippen molar-refractivity contribution in [2.75, 3.05) is 20.2 Å². The third-order valence-electron chi connectivity index (χ3n) is 4.37. The van der Waals surface area contributed by atoms with E-state index in [2.05, 4.69) is 0 Å². The highest BCUT2D eigenvalue weighted by atomic mass is 16.5. The molecule has 2 aromatic rings. The van der Waals surface area contributed by atoms with Crippen molar-refractivity contribution in [3.05, 3.63) is 46.9 Å². The van der Waals surface area contributed by atoms with Crippen molar-refractivity contribution in [1.82, 2.24) is 9.47 Å². The Morgan fingerprint density at radius 1 is 1.30 bits per heavy atom. The summed E-state index contributed by atoms with van der Waals surface area (Å²) in [7, 11) is 1.77. The van der Waals surface area contributed by atoms with Crippen LogP contribution in [0.15, 0.2) is 41.3 Å². The Bertz CT molecular complexity index is 747. The number of benzene rings is 1. The predicted molar refractivity (Wildman–Crippen MR) is 89.4 cm³/mol. The fourth-order valence-corrected chi connectivity index (χ4v) is 2.98. The Hall–Kier alpha value is -2.14. The van der Waals surface area contributed by atoms with Gasteiger partial charge in [0.1, 0.15) is 6.54 Å². The molecule has 0 radical (unpaired) electrons. The number of aromatic nitrogens is 1. The van der Waals surface area contributed by atoms with E-state index in [4.69, 9.17) is 4.74 Å². The van der Waals surface area contributed by atoms with Crippen molar-refractivity contribution in [2.45, 2.75) is 31.9 Å². The lowest BCUT2D eigenvalue weighted by Crippen LogP contribution is -2.40. The highest BCUT2D eigenvalue weighted by Crippen LogP contribution is 2.13. The molecule has 0 N–H and O–H groups in total. The number of fused-ring (bicyclic) bond motifs is 1. The summed E-state index contributed by atoms with van der Waals surface area (Å²) in [4.78, 5) is 26.5. The molecule has 3 rings (SSSR count). The Morgan fingerprint density at radius 3 is 2.91 bits per heavy atom. The lowest BCUT2D eigenvalue weighted by Gasteiger charge is -2.27. The number of nitrogens with zero attached hydrogens (tertiary/aromatic N) is 2. The van der Waals surface area contributed by atoms with E-state index in [9.17, 15) is 9.59 Å². The van der Waals surface area contributed by atoms with Gasteiger partial charge in [-0.25, -0.2) is 0 Å². The van der Waals surface area contributed by atoms with E-state index >= 15 is 0 Å². The van der Waals surface area contributed by atoms with Crippen LogP contribution in [0.1, 0.15) is 19.3 Å². The van der Waals surface area contributed by atoms with Gasteiger partial charge in [0.2, 0.25) is 5.91 Å². The summed E-state index contributed by atoms with van der Waals surface area (Å²) in [6, 6.07) is 9.29. The Kier molecular flexibility index (Phi) is 4.76. The van der Waals surface area contributed by atoms with Gasteiger partial charge in [-0.15, -0.1) is 0 Å². The maximum atomic E-state index is 12.4. The summed E-state index contributed by atoms with van der Waals surface area (Å²) in [5.74, 6) is -0.0726. The number of ether oxygens (including phenoxy) is 1. The second-order valence-corrected chi connectivity index (χ2v) is 6.10. The third kappa shape index (κ3) is 3.62. The average molecular weight is 314 g/mol. The normalized spacial score (nSPS) is 18.0. The fourth-order valence-electron chi connectivity index (χ4n) is 2.98. The van der Waals surface area contributed by atoms with E-state index in [-0.39, 0.29) is 24.1 Å². The SMILES string of the molecule is CN(CC1CCCCO1)C(=O)Cn1ccc2ccccc2c1=O. The molecule has 5 heteroatoms. The van der Waals surface area contributed by atoms with Crippen LogP contribution in [0.2, 0.25) is 0 Å². The van der Waals surface area contributed by atoms with E-state index in [1.165, 1.54) is 4.57 Å². The van der Waals surface area contributed by atoms with Gasteiger partial charge in [-0.05, 0) is 36.8 Å². The zero-order valence-corrected chi connectivity index (χ0v) is 13.4. The molecule has 1 amide bonds. The van der Waals surface area contributed by atoms with Crippen LogP contribution in [0.3, 0.4) is 0 Å². The van der Waals surface area contributed by atoms with Gasteiger partial charge in [0, 0.05) is 31.8 Å². The number of carbonyl (C=O) groups excluding carboxylic acids is 1. The van der Waals surface area contributed by atoms with Gasteiger partial charge in [0.05, 0.1) is 6.10 Å². The van der Waals surface area contributed by atoms with Crippen molar-refractivity contribution in [1.29, 1.82) is 0 Å². The summed E-state index contributed by atoms with van der Waals surface area (Å²) in [6.07, 6.45) is 5.05. The second kappa shape index (κ2) is 6.96. The molecule has 1 atom stereocenters. The summed E-state index contributed by atoms with van der Waals surface area (Å²) in [5.41, 5.74) is -0.126. The van der Waals surface area contributed by atoms with Crippen molar-refractivity contribution >= 4 is 16.7 Å². The molecule has 2 heterocycles. The molecular formula is C18H22N2O3. The van der Waals surface area contributed by atoms with Crippen molar-refractivity contribution < 1.29 is 9.53 Å². The Balaban J connectivity index is 1.69. The first kappa shape index (κ1) is 15.7. The van der Waals surface area contributed by atoms with E-state index < -0.39 is 0 Å². The van der Waals surface area contributed by atoms with E-state index in [0.717, 1.165) is 31.3 Å². The molecule has 1 aliphatic rings. The van der Waals surface area contributed by atoms with Crippen molar-refractivity contribution in [3.63, 3.8) is 0 Å². The largest absolute Gasteiger partial charge is 0.376 e. The topological polar surface area (TPSA) is 51.5 Å². The minimum Gasteiger partial charge on any atom is -0.376 e. The minimum atomic E-state index is -0.126. The van der Waals surface area contributed by atoms with Crippen LogP contribution in [0, 0.1) is 0 Å². The molecule has 0 aliphatic carbocycles. The lowest BCUT2D eigenvalue weighted by molar-refractivity contribution is -0.133. The smallest absolute Gasteiger partial charge is 0.258 e. The number of hydrogen-bond acceptors (Lipinski definition) is 3. The van der Waals surface area contributed by atoms with Gasteiger partial charge >= 0.3 is 0 Å². The zero-order chi connectivity index (χ0) is 16.2. The first-order valence-corrected chi connectivity index (χ1v) is 8.09. The summed E-state index contributed by atoms with van der Waals surface area (Å²) in [6.45, 7) is 1.42. The molecule has 0 saturated carbocycles. The average Bonchev–Trinajstić information content (AvgIpc) is 2.58. The standard InChI is InChI=1S/C18H22N2O3/c1-19(12-15-7-4-5-11-23-15)17(21)13-20-10-9-14-6-2-3-8-16(14)18(20)22/h2-3,6,8-10,15H,4-5,7,11-13H2,1H3. The van der Waals surface area contributed by atoms with Gasteiger partial charge < -0.3 is 14.2 Å². The molecule has 1 unspecified atom stereocenters. The summed E-state index contributed by atoms with van der Waals surface area (Å²) < 4.78 is 7.14. The molecular weight excluding hydrogens is 292 g/mol. The van der Waals surface area contributed by atoms with Crippen molar-refractivity contribution in [3.8, 4) is 0 Å². The number of amides is 1. The highest BCUT2D eigenvalue weighted by molar-refractivity contribution is 5.82. The van der Waals surface area contributed by atoms with Crippen LogP contribution >= 0.6 is 0 Å². The number of carbonyl (C=O) groups is 1. The van der Waals surface area contributed by atoms with Gasteiger partial charge in [-0.3, -0.25) is 9.59 Å². The van der Waals surface area contributed by atoms with Crippen molar-refractivity contribution in [2.24, 2.45) is 0 Å². The molecule has 1 saturated heterocycles. The maximum absolute atomic E-state index is 12.4. The Labute approximate surface area is 135 Å². The number of likely N-dealkylation sites (N-methyl/N-ethyl adjacent to an activating group) is 1. The van der Waals surface area contributed by atoms with Crippen LogP contribution in [-0.4, -0.2) is 41.7 Å². The molecule has 23 heavy (non-hydrogen) atoms. The highest BCUT2D eigenvalue weighted by Gasteiger charge is 2.19. The van der Waals surface area contributed by atoms with Crippen LogP contribution in [0.4, 0.5) is 0 Å². The predicted octanol–water partition coefficient (Wildman–Crippen LogP) is 2.03. The zero-order valence-electron chi connectivity index (χ0n) is 13.4. The van der Waals surface area contributed by atoms with Crippen LogP contribution in [0.5, 0.6) is 0 Å². The van der Waals surface area contributed by atoms with Crippen LogP contribution < -0.4 is 5.56 Å². The van der Waals surface area contributed by atoms with Crippen LogP contribution in [-0.2, 0) is 16.1 Å². The molecule has 1 aromatic heterocycles. The van der Waals surface area contributed by atoms with E-state index in [1.54, 1.807) is 24.2 Å². The van der Waals surface area contributed by atoms with E-state index in [0.29, 0.717) is 11.9 Å². The monoisotopic (exact) mass is 314 g/mol.